The summed E-state index contributed by atoms with van der Waals surface area (Å²) in [7, 11) is 0. The van der Waals surface area contributed by atoms with Crippen LogP contribution in [0.5, 0.6) is 0 Å². The molecule has 2 nitrogen and oxygen atoms in total. The minimum Gasteiger partial charge on any atom is -0.294 e. The molecule has 0 aliphatic heterocycles. The zero-order valence-corrected chi connectivity index (χ0v) is 8.07. The second-order valence-electron chi connectivity index (χ2n) is 4.59. The molecular formula is C12H12O2. The van der Waals surface area contributed by atoms with Crippen LogP contribution in [-0.4, -0.2) is 11.6 Å². The van der Waals surface area contributed by atoms with Gasteiger partial charge in [-0.1, -0.05) is 12.2 Å². The first-order valence-corrected chi connectivity index (χ1v) is 5.13. The first-order chi connectivity index (χ1) is 6.68. The van der Waals surface area contributed by atoms with Gasteiger partial charge in [-0.25, -0.2) is 0 Å². The molecule has 0 amide bonds. The number of allylic oxidation sites excluding steroid dienone is 4. The van der Waals surface area contributed by atoms with E-state index in [0.29, 0.717) is 17.4 Å². The molecule has 0 aromatic heterocycles. The average molecular weight is 188 g/mol. The van der Waals surface area contributed by atoms with Gasteiger partial charge in [-0.15, -0.1) is 0 Å². The first-order valence-electron chi connectivity index (χ1n) is 5.13. The van der Waals surface area contributed by atoms with Crippen LogP contribution in [0.25, 0.3) is 0 Å². The minimum atomic E-state index is -0.0267. The molecule has 0 N–H and O–H groups in total. The monoisotopic (exact) mass is 188 g/mol. The zero-order chi connectivity index (χ0) is 9.87. The van der Waals surface area contributed by atoms with Gasteiger partial charge < -0.3 is 0 Å². The number of hydrogen-bond donors (Lipinski definition) is 0. The molecule has 0 heterocycles. The van der Waals surface area contributed by atoms with E-state index in [0.717, 1.165) is 6.42 Å². The Morgan fingerprint density at radius 1 is 1.14 bits per heavy atom. The number of fused-ring (bicyclic) bond motifs is 5. The van der Waals surface area contributed by atoms with E-state index in [1.807, 2.05) is 0 Å². The summed E-state index contributed by atoms with van der Waals surface area (Å²) in [5.74, 6) is 0.995. The van der Waals surface area contributed by atoms with Gasteiger partial charge in [0.05, 0.1) is 0 Å². The molecule has 1 saturated carbocycles. The third-order valence-corrected chi connectivity index (χ3v) is 3.84. The quantitative estimate of drug-likeness (QED) is 0.540. The van der Waals surface area contributed by atoms with E-state index >= 15 is 0 Å². The maximum atomic E-state index is 11.9. The molecule has 3 aliphatic carbocycles. The fourth-order valence-corrected chi connectivity index (χ4v) is 3.21. The summed E-state index contributed by atoms with van der Waals surface area (Å²) in [6, 6.07) is 0. The zero-order valence-electron chi connectivity index (χ0n) is 8.07. The van der Waals surface area contributed by atoms with Gasteiger partial charge in [0.25, 0.3) is 0 Å². The molecule has 2 bridgehead atoms. The van der Waals surface area contributed by atoms with Crippen molar-refractivity contribution in [1.82, 2.24) is 0 Å². The van der Waals surface area contributed by atoms with E-state index in [-0.39, 0.29) is 23.4 Å². The van der Waals surface area contributed by atoms with Crippen molar-refractivity contribution in [3.8, 4) is 0 Å². The van der Waals surface area contributed by atoms with Crippen LogP contribution in [0, 0.1) is 23.7 Å². The molecule has 0 saturated heterocycles. The Bertz CT molecular complexity index is 389. The van der Waals surface area contributed by atoms with Crippen molar-refractivity contribution < 1.29 is 9.59 Å². The van der Waals surface area contributed by atoms with Crippen LogP contribution in [-0.2, 0) is 9.59 Å². The molecule has 3 rings (SSSR count). The van der Waals surface area contributed by atoms with Crippen molar-refractivity contribution in [2.24, 2.45) is 23.7 Å². The molecule has 4 atom stereocenters. The van der Waals surface area contributed by atoms with Gasteiger partial charge in [0.1, 0.15) is 0 Å². The van der Waals surface area contributed by atoms with Crippen molar-refractivity contribution in [3.05, 3.63) is 23.8 Å². The van der Waals surface area contributed by atoms with Crippen LogP contribution in [0.2, 0.25) is 0 Å². The normalized spacial score (nSPS) is 44.2. The Labute approximate surface area is 82.7 Å². The predicted octanol–water partition coefficient (Wildman–Crippen LogP) is 1.52. The van der Waals surface area contributed by atoms with Crippen molar-refractivity contribution in [2.75, 3.05) is 0 Å². The Hall–Kier alpha value is -1.18. The average Bonchev–Trinajstić information content (AvgIpc) is 2.73. The maximum Gasteiger partial charge on any atom is 0.163 e. The third kappa shape index (κ3) is 0.813. The molecule has 72 valence electrons. The van der Waals surface area contributed by atoms with Crippen molar-refractivity contribution in [1.29, 1.82) is 0 Å². The number of rotatable bonds is 0. The van der Waals surface area contributed by atoms with Gasteiger partial charge in [-0.2, -0.15) is 0 Å². The summed E-state index contributed by atoms with van der Waals surface area (Å²) in [6.07, 6.45) is 6.78. The first kappa shape index (κ1) is 8.16. The standard InChI is InChI=1S/C12H12O2/c1-6-4-9(13)10-7-2-3-8(5-7)11(10)12(6)14/h2-4,7-8,10-11H,5H2,1H3/t7-,8-,10+,11-/m0/s1. The molecule has 0 radical (unpaired) electrons. The summed E-state index contributed by atoms with van der Waals surface area (Å²) < 4.78 is 0. The van der Waals surface area contributed by atoms with Gasteiger partial charge >= 0.3 is 0 Å². The van der Waals surface area contributed by atoms with E-state index < -0.39 is 0 Å². The van der Waals surface area contributed by atoms with Crippen molar-refractivity contribution >= 4 is 11.6 Å². The fourth-order valence-electron chi connectivity index (χ4n) is 3.21. The largest absolute Gasteiger partial charge is 0.294 e. The lowest BCUT2D eigenvalue weighted by molar-refractivity contribution is -0.130. The third-order valence-electron chi connectivity index (χ3n) is 3.84. The van der Waals surface area contributed by atoms with E-state index in [1.54, 1.807) is 6.92 Å². The maximum absolute atomic E-state index is 11.9. The number of ketones is 2. The summed E-state index contributed by atoms with van der Waals surface area (Å²) in [4.78, 5) is 23.6. The number of carbonyl (C=O) groups is 2. The van der Waals surface area contributed by atoms with Crippen LogP contribution in [0.15, 0.2) is 23.8 Å². The Kier molecular flexibility index (Phi) is 1.42. The topological polar surface area (TPSA) is 34.1 Å². The van der Waals surface area contributed by atoms with Crippen LogP contribution >= 0.6 is 0 Å². The highest BCUT2D eigenvalue weighted by Crippen LogP contribution is 2.51. The lowest BCUT2D eigenvalue weighted by atomic mass is 9.72. The minimum absolute atomic E-state index is 0.0255. The van der Waals surface area contributed by atoms with Crippen LogP contribution < -0.4 is 0 Å². The van der Waals surface area contributed by atoms with Crippen LogP contribution in [0.3, 0.4) is 0 Å². The molecular weight excluding hydrogens is 176 g/mol. The van der Waals surface area contributed by atoms with Gasteiger partial charge in [0.2, 0.25) is 0 Å². The summed E-state index contributed by atoms with van der Waals surface area (Å²) in [6.45, 7) is 1.76. The smallest absolute Gasteiger partial charge is 0.163 e. The number of carbonyl (C=O) groups excluding carboxylic acids is 2. The van der Waals surface area contributed by atoms with Gasteiger partial charge in [0.15, 0.2) is 11.6 Å². The second-order valence-corrected chi connectivity index (χ2v) is 4.59. The van der Waals surface area contributed by atoms with Gasteiger partial charge in [-0.3, -0.25) is 9.59 Å². The molecule has 3 aliphatic rings. The molecule has 0 spiro atoms. The second kappa shape index (κ2) is 2.44. The molecule has 0 aromatic rings. The lowest BCUT2D eigenvalue weighted by Gasteiger charge is -2.28. The van der Waals surface area contributed by atoms with E-state index in [1.165, 1.54) is 6.08 Å². The number of hydrogen-bond acceptors (Lipinski definition) is 2. The van der Waals surface area contributed by atoms with Gasteiger partial charge in [-0.05, 0) is 36.8 Å². The molecule has 1 fully saturated rings. The van der Waals surface area contributed by atoms with Crippen LogP contribution in [0.1, 0.15) is 13.3 Å². The van der Waals surface area contributed by atoms with E-state index in [4.69, 9.17) is 0 Å². The highest BCUT2D eigenvalue weighted by molar-refractivity contribution is 6.11. The SMILES string of the molecule is CC1=CC(=O)[C@@H]2[C@@H](C1=O)[C@H]1C=C[C@H]2C1. The highest BCUT2D eigenvalue weighted by atomic mass is 16.1. The van der Waals surface area contributed by atoms with Gasteiger partial charge in [0, 0.05) is 11.8 Å². The summed E-state index contributed by atoms with van der Waals surface area (Å²) in [5.41, 5.74) is 0.650. The Morgan fingerprint density at radius 3 is 2.50 bits per heavy atom. The summed E-state index contributed by atoms with van der Waals surface area (Å²) >= 11 is 0. The predicted molar refractivity (Wildman–Crippen MR) is 51.5 cm³/mol. The molecule has 0 aromatic carbocycles. The summed E-state index contributed by atoms with van der Waals surface area (Å²) in [5, 5.41) is 0. The molecule has 0 unspecified atom stereocenters. The Balaban J connectivity index is 2.10. The molecule has 14 heavy (non-hydrogen) atoms. The van der Waals surface area contributed by atoms with Crippen molar-refractivity contribution in [3.63, 3.8) is 0 Å². The molecule has 2 heteroatoms. The van der Waals surface area contributed by atoms with E-state index in [9.17, 15) is 9.59 Å². The lowest BCUT2D eigenvalue weighted by Crippen LogP contribution is -2.36. The number of Topliss-reactive ketones (excluding diaryl/α,β-unsaturated/α-hetero) is 1. The van der Waals surface area contributed by atoms with E-state index in [2.05, 4.69) is 12.2 Å². The Morgan fingerprint density at radius 2 is 1.79 bits per heavy atom. The van der Waals surface area contributed by atoms with Crippen LogP contribution in [0.4, 0.5) is 0 Å². The highest BCUT2D eigenvalue weighted by Gasteiger charge is 2.52. The van der Waals surface area contributed by atoms with Crippen molar-refractivity contribution in [2.45, 2.75) is 13.3 Å². The fraction of sp³-hybridized carbons (Fsp3) is 0.500.